The van der Waals surface area contributed by atoms with Crippen molar-refractivity contribution >= 4 is 17.3 Å². The van der Waals surface area contributed by atoms with E-state index in [2.05, 4.69) is 53.6 Å². The Labute approximate surface area is 145 Å². The van der Waals surface area contributed by atoms with Gasteiger partial charge in [-0.1, -0.05) is 6.07 Å². The van der Waals surface area contributed by atoms with Gasteiger partial charge in [-0.2, -0.15) is 0 Å². The fraction of sp³-hybridized carbons (Fsp3) is 0.706. The number of thiophene rings is 1. The van der Waals surface area contributed by atoms with Crippen molar-refractivity contribution in [3.8, 4) is 0 Å². The summed E-state index contributed by atoms with van der Waals surface area (Å²) in [5.74, 6) is 1.00. The van der Waals surface area contributed by atoms with Gasteiger partial charge in [0.1, 0.15) is 0 Å². The van der Waals surface area contributed by atoms with Crippen molar-refractivity contribution in [1.29, 1.82) is 0 Å². The molecule has 6 heteroatoms. The zero-order chi connectivity index (χ0) is 16.9. The van der Waals surface area contributed by atoms with Crippen LogP contribution in [0.15, 0.2) is 22.5 Å². The van der Waals surface area contributed by atoms with Gasteiger partial charge >= 0.3 is 0 Å². The molecule has 0 saturated heterocycles. The molecule has 1 N–H and O–H groups in total. The van der Waals surface area contributed by atoms with Crippen molar-refractivity contribution < 1.29 is 4.74 Å². The molecule has 1 heterocycles. The van der Waals surface area contributed by atoms with Gasteiger partial charge in [-0.25, -0.2) is 0 Å². The quantitative estimate of drug-likeness (QED) is 0.381. The smallest absolute Gasteiger partial charge is 0.193 e. The van der Waals surface area contributed by atoms with Crippen LogP contribution in [0.4, 0.5) is 0 Å². The summed E-state index contributed by atoms with van der Waals surface area (Å²) in [5.41, 5.74) is 0. The molecule has 0 unspecified atom stereocenters. The number of likely N-dealkylation sites (N-methyl/N-ethyl adjacent to an activating group) is 2. The minimum atomic E-state index is 0.786. The highest BCUT2D eigenvalue weighted by Gasteiger charge is 2.06. The Morgan fingerprint density at radius 3 is 2.78 bits per heavy atom. The highest BCUT2D eigenvalue weighted by atomic mass is 32.1. The Morgan fingerprint density at radius 2 is 2.13 bits per heavy atom. The number of ether oxygens (including phenoxy) is 1. The van der Waals surface area contributed by atoms with Crippen LogP contribution in [0.2, 0.25) is 0 Å². The number of hydrogen-bond acceptors (Lipinski definition) is 4. The topological polar surface area (TPSA) is 40.1 Å². The number of hydrogen-bond donors (Lipinski definition) is 1. The van der Waals surface area contributed by atoms with Crippen LogP contribution in [0.25, 0.3) is 0 Å². The van der Waals surface area contributed by atoms with Crippen molar-refractivity contribution in [2.45, 2.75) is 19.8 Å². The maximum atomic E-state index is 5.09. The van der Waals surface area contributed by atoms with E-state index in [0.29, 0.717) is 0 Å². The fourth-order valence-electron chi connectivity index (χ4n) is 2.19. The number of aliphatic imine (C=N–C) groups is 1. The lowest BCUT2D eigenvalue weighted by Gasteiger charge is -2.22. The van der Waals surface area contributed by atoms with E-state index < -0.39 is 0 Å². The number of guanidine groups is 1. The number of nitrogens with zero attached hydrogens (tertiary/aromatic N) is 3. The number of rotatable bonds is 11. The first kappa shape index (κ1) is 19.9. The van der Waals surface area contributed by atoms with Gasteiger partial charge in [0.15, 0.2) is 5.96 Å². The Balaban J connectivity index is 2.33. The molecule has 0 amide bonds. The van der Waals surface area contributed by atoms with Crippen LogP contribution < -0.4 is 5.32 Å². The lowest BCUT2D eigenvalue weighted by atomic mass is 10.3. The van der Waals surface area contributed by atoms with Gasteiger partial charge in [-0.15, -0.1) is 11.3 Å². The third-order valence-electron chi connectivity index (χ3n) is 3.61. The van der Waals surface area contributed by atoms with E-state index >= 15 is 0 Å². The molecule has 0 atom stereocenters. The van der Waals surface area contributed by atoms with E-state index in [4.69, 9.17) is 9.73 Å². The molecule has 0 bridgehead atoms. The van der Waals surface area contributed by atoms with E-state index in [1.54, 1.807) is 7.11 Å². The van der Waals surface area contributed by atoms with Gasteiger partial charge in [0.25, 0.3) is 0 Å². The van der Waals surface area contributed by atoms with E-state index in [0.717, 1.165) is 58.1 Å². The molecule has 0 aliphatic heterocycles. The maximum absolute atomic E-state index is 5.09. The van der Waals surface area contributed by atoms with Crippen LogP contribution in [0.1, 0.15) is 18.2 Å². The predicted molar refractivity (Wildman–Crippen MR) is 101 cm³/mol. The van der Waals surface area contributed by atoms with Crippen molar-refractivity contribution in [3.05, 3.63) is 22.4 Å². The lowest BCUT2D eigenvalue weighted by molar-refractivity contribution is 0.161. The third kappa shape index (κ3) is 8.93. The SMILES string of the molecule is CCNC(=NCCCN(C)CCOC)N(C)CCc1cccs1. The van der Waals surface area contributed by atoms with Crippen LogP contribution in [0.3, 0.4) is 0 Å². The summed E-state index contributed by atoms with van der Waals surface area (Å²) in [6.07, 6.45) is 2.13. The molecule has 0 aromatic carbocycles. The average molecular weight is 341 g/mol. The molecule has 0 aliphatic rings. The first-order chi connectivity index (χ1) is 11.2. The van der Waals surface area contributed by atoms with Gasteiger partial charge in [0.2, 0.25) is 0 Å². The molecule has 5 nitrogen and oxygen atoms in total. The third-order valence-corrected chi connectivity index (χ3v) is 4.54. The summed E-state index contributed by atoms with van der Waals surface area (Å²) < 4.78 is 5.09. The lowest BCUT2D eigenvalue weighted by Crippen LogP contribution is -2.40. The molecule has 23 heavy (non-hydrogen) atoms. The summed E-state index contributed by atoms with van der Waals surface area (Å²) in [4.78, 5) is 10.7. The molecule has 0 spiro atoms. The predicted octanol–water partition coefficient (Wildman–Crippen LogP) is 2.16. The molecular weight excluding hydrogens is 308 g/mol. The van der Waals surface area contributed by atoms with Crippen LogP contribution in [0.5, 0.6) is 0 Å². The maximum Gasteiger partial charge on any atom is 0.193 e. The molecule has 0 radical (unpaired) electrons. The molecule has 0 fully saturated rings. The summed E-state index contributed by atoms with van der Waals surface area (Å²) in [5, 5.41) is 5.51. The van der Waals surface area contributed by atoms with Crippen molar-refractivity contribution in [3.63, 3.8) is 0 Å². The summed E-state index contributed by atoms with van der Waals surface area (Å²) in [7, 11) is 5.98. The summed E-state index contributed by atoms with van der Waals surface area (Å²) in [6.45, 7) is 7.65. The number of methoxy groups -OCH3 is 1. The molecule has 1 aromatic heterocycles. The Kier molecular flexibility index (Phi) is 10.7. The molecule has 0 saturated carbocycles. The second-order valence-corrected chi connectivity index (χ2v) is 6.67. The van der Waals surface area contributed by atoms with Gasteiger partial charge in [0.05, 0.1) is 6.61 Å². The minimum Gasteiger partial charge on any atom is -0.383 e. The van der Waals surface area contributed by atoms with Crippen LogP contribution in [-0.2, 0) is 11.2 Å². The largest absolute Gasteiger partial charge is 0.383 e. The van der Waals surface area contributed by atoms with Gasteiger partial charge < -0.3 is 19.9 Å². The van der Waals surface area contributed by atoms with Crippen LogP contribution in [0, 0.1) is 0 Å². The molecule has 1 rings (SSSR count). The second-order valence-electron chi connectivity index (χ2n) is 5.64. The highest BCUT2D eigenvalue weighted by Crippen LogP contribution is 2.09. The molecule has 0 aliphatic carbocycles. The van der Waals surface area contributed by atoms with E-state index in [9.17, 15) is 0 Å². The zero-order valence-corrected chi connectivity index (χ0v) is 15.9. The Hall–Kier alpha value is -1.11. The Morgan fingerprint density at radius 1 is 1.30 bits per heavy atom. The molecule has 1 aromatic rings. The van der Waals surface area contributed by atoms with Crippen molar-refractivity contribution in [1.82, 2.24) is 15.1 Å². The van der Waals surface area contributed by atoms with Gasteiger partial charge in [0, 0.05) is 45.2 Å². The van der Waals surface area contributed by atoms with Crippen LogP contribution in [-0.4, -0.2) is 76.3 Å². The van der Waals surface area contributed by atoms with Gasteiger partial charge in [-0.3, -0.25) is 4.99 Å². The minimum absolute atomic E-state index is 0.786. The molecular formula is C17H32N4OS. The Bertz CT molecular complexity index is 422. The normalized spacial score (nSPS) is 12.0. The first-order valence-electron chi connectivity index (χ1n) is 8.36. The van der Waals surface area contributed by atoms with E-state index in [1.807, 2.05) is 11.3 Å². The van der Waals surface area contributed by atoms with Crippen molar-refractivity contribution in [2.24, 2.45) is 4.99 Å². The summed E-state index contributed by atoms with van der Waals surface area (Å²) in [6, 6.07) is 4.30. The average Bonchev–Trinajstić information content (AvgIpc) is 3.07. The van der Waals surface area contributed by atoms with Crippen LogP contribution >= 0.6 is 11.3 Å². The standard InChI is InChI=1S/C17H32N4OS/c1-5-18-17(19-10-7-11-20(2)13-14-22-4)21(3)12-9-16-8-6-15-23-16/h6,8,15H,5,7,9-14H2,1-4H3,(H,18,19). The van der Waals surface area contributed by atoms with E-state index in [-0.39, 0.29) is 0 Å². The zero-order valence-electron chi connectivity index (χ0n) is 15.0. The van der Waals surface area contributed by atoms with Crippen molar-refractivity contribution in [2.75, 3.05) is 60.5 Å². The van der Waals surface area contributed by atoms with E-state index in [1.165, 1.54) is 4.88 Å². The fourth-order valence-corrected chi connectivity index (χ4v) is 2.89. The first-order valence-corrected chi connectivity index (χ1v) is 9.24. The monoisotopic (exact) mass is 340 g/mol. The summed E-state index contributed by atoms with van der Waals surface area (Å²) >= 11 is 1.82. The van der Waals surface area contributed by atoms with Gasteiger partial charge in [-0.05, 0) is 44.8 Å². The second kappa shape index (κ2) is 12.3. The highest BCUT2D eigenvalue weighted by molar-refractivity contribution is 7.09. The molecule has 132 valence electrons. The number of nitrogens with one attached hydrogen (secondary N) is 1.